The van der Waals surface area contributed by atoms with E-state index in [2.05, 4.69) is 15.1 Å². The second-order valence-corrected chi connectivity index (χ2v) is 4.68. The van der Waals surface area contributed by atoms with Crippen LogP contribution < -0.4 is 9.47 Å². The third-order valence-electron chi connectivity index (χ3n) is 3.10. The van der Waals surface area contributed by atoms with Crippen molar-refractivity contribution in [3.05, 3.63) is 23.4 Å². The first-order valence-electron chi connectivity index (χ1n) is 5.69. The number of hydrogen-bond acceptors (Lipinski definition) is 4. The van der Waals surface area contributed by atoms with Crippen LogP contribution in [0.3, 0.4) is 0 Å². The van der Waals surface area contributed by atoms with Crippen LogP contribution in [0.15, 0.2) is 18.3 Å². The van der Waals surface area contributed by atoms with E-state index in [1.54, 1.807) is 16.9 Å². The quantitative estimate of drug-likeness (QED) is 0.741. The van der Waals surface area contributed by atoms with Crippen molar-refractivity contribution >= 4 is 22.8 Å². The third-order valence-corrected chi connectivity index (χ3v) is 3.41. The van der Waals surface area contributed by atoms with Gasteiger partial charge in [0.2, 0.25) is 6.79 Å². The summed E-state index contributed by atoms with van der Waals surface area (Å²) in [7, 11) is 1.84. The topological polar surface area (TPSA) is 65.0 Å². The molecule has 0 radical (unpaired) electrons. The molecule has 0 spiro atoms. The number of fused-ring (bicyclic) bond motifs is 2. The summed E-state index contributed by atoms with van der Waals surface area (Å²) in [6.07, 6.45) is 1.73. The highest BCUT2D eigenvalue weighted by Crippen LogP contribution is 2.40. The molecule has 0 unspecified atom stereocenters. The van der Waals surface area contributed by atoms with Crippen LogP contribution >= 0.6 is 11.6 Å². The Morgan fingerprint density at radius 3 is 2.89 bits per heavy atom. The fourth-order valence-electron chi connectivity index (χ4n) is 2.14. The number of imidazole rings is 1. The Hall–Kier alpha value is -2.21. The summed E-state index contributed by atoms with van der Waals surface area (Å²) in [6.45, 7) is 0.221. The summed E-state index contributed by atoms with van der Waals surface area (Å²) < 4.78 is 12.3. The normalized spacial score (nSPS) is 13.4. The predicted octanol–water partition coefficient (Wildman–Crippen LogP) is 2.35. The molecule has 3 heterocycles. The zero-order valence-corrected chi connectivity index (χ0v) is 10.7. The molecule has 0 saturated carbocycles. The number of halogens is 1. The number of H-pyrrole nitrogens is 1. The van der Waals surface area contributed by atoms with Gasteiger partial charge in [0.1, 0.15) is 11.3 Å². The van der Waals surface area contributed by atoms with E-state index >= 15 is 0 Å². The highest BCUT2D eigenvalue weighted by atomic mass is 35.5. The first kappa shape index (κ1) is 10.7. The SMILES string of the molecule is Cn1ncc2[nH]c(-c3cc4c(cc3Cl)OCO4)nc21. The van der Waals surface area contributed by atoms with Crippen molar-refractivity contribution in [1.29, 1.82) is 0 Å². The van der Waals surface area contributed by atoms with Crippen LogP contribution in [-0.2, 0) is 7.05 Å². The molecule has 0 aliphatic carbocycles. The van der Waals surface area contributed by atoms with Gasteiger partial charge in [-0.05, 0) is 6.07 Å². The van der Waals surface area contributed by atoms with Crippen molar-refractivity contribution in [3.63, 3.8) is 0 Å². The minimum Gasteiger partial charge on any atom is -0.454 e. The zero-order chi connectivity index (χ0) is 13.0. The van der Waals surface area contributed by atoms with E-state index in [1.165, 1.54) is 0 Å². The highest BCUT2D eigenvalue weighted by Gasteiger charge is 2.19. The number of hydrogen-bond donors (Lipinski definition) is 1. The lowest BCUT2D eigenvalue weighted by molar-refractivity contribution is 0.174. The molecule has 4 rings (SSSR count). The van der Waals surface area contributed by atoms with E-state index in [4.69, 9.17) is 21.1 Å². The van der Waals surface area contributed by atoms with Gasteiger partial charge in [0.05, 0.1) is 11.2 Å². The van der Waals surface area contributed by atoms with Gasteiger partial charge in [0.15, 0.2) is 17.1 Å². The van der Waals surface area contributed by atoms with Crippen molar-refractivity contribution in [2.45, 2.75) is 0 Å². The Kier molecular flexibility index (Phi) is 2.05. The van der Waals surface area contributed by atoms with Crippen LogP contribution in [0.5, 0.6) is 11.5 Å². The van der Waals surface area contributed by atoms with Crippen molar-refractivity contribution < 1.29 is 9.47 Å². The Morgan fingerprint density at radius 2 is 2.11 bits per heavy atom. The van der Waals surface area contributed by atoms with Crippen molar-refractivity contribution in [2.75, 3.05) is 6.79 Å². The minimum absolute atomic E-state index is 0.221. The second kappa shape index (κ2) is 3.64. The molecular formula is C12H9ClN4O2. The summed E-state index contributed by atoms with van der Waals surface area (Å²) in [4.78, 5) is 7.68. The molecule has 7 heteroatoms. The van der Waals surface area contributed by atoms with E-state index < -0.39 is 0 Å². The molecule has 1 aliphatic heterocycles. The summed E-state index contributed by atoms with van der Waals surface area (Å²) >= 11 is 6.26. The first-order valence-corrected chi connectivity index (χ1v) is 6.07. The van der Waals surface area contributed by atoms with Crippen LogP contribution in [0.25, 0.3) is 22.6 Å². The molecule has 6 nitrogen and oxygen atoms in total. The lowest BCUT2D eigenvalue weighted by Crippen LogP contribution is -1.92. The maximum absolute atomic E-state index is 6.26. The number of aryl methyl sites for hydroxylation is 1. The minimum atomic E-state index is 0.221. The molecule has 0 bridgehead atoms. The van der Waals surface area contributed by atoms with Gasteiger partial charge in [-0.15, -0.1) is 0 Å². The standard InChI is InChI=1S/C12H9ClN4O2/c1-17-12-8(4-14-17)15-11(16-12)6-2-9-10(3-7(6)13)19-5-18-9/h2-4H,5H2,1H3,(H,15,16). The number of aromatic nitrogens is 4. The Balaban J connectivity index is 1.91. The Morgan fingerprint density at radius 1 is 1.32 bits per heavy atom. The second-order valence-electron chi connectivity index (χ2n) is 4.28. The molecule has 1 aliphatic rings. The number of nitrogens with zero attached hydrogens (tertiary/aromatic N) is 3. The van der Waals surface area contributed by atoms with Gasteiger partial charge in [0, 0.05) is 18.7 Å². The zero-order valence-electron chi connectivity index (χ0n) is 9.98. The molecule has 96 valence electrons. The number of nitrogens with one attached hydrogen (secondary N) is 1. The van der Waals surface area contributed by atoms with Crippen molar-refractivity contribution in [3.8, 4) is 22.9 Å². The van der Waals surface area contributed by atoms with E-state index in [1.807, 2.05) is 13.1 Å². The largest absolute Gasteiger partial charge is 0.454 e. The monoisotopic (exact) mass is 276 g/mol. The van der Waals surface area contributed by atoms with E-state index in [0.29, 0.717) is 22.3 Å². The van der Waals surface area contributed by atoms with Crippen LogP contribution in [-0.4, -0.2) is 26.5 Å². The average Bonchev–Trinajstić information content (AvgIpc) is 3.05. The summed E-state index contributed by atoms with van der Waals surface area (Å²) in [6, 6.07) is 3.57. The molecule has 3 aromatic rings. The average molecular weight is 277 g/mol. The lowest BCUT2D eigenvalue weighted by atomic mass is 10.2. The summed E-state index contributed by atoms with van der Waals surface area (Å²) in [5.74, 6) is 2.02. The molecule has 0 amide bonds. The van der Waals surface area contributed by atoms with Crippen molar-refractivity contribution in [1.82, 2.24) is 19.7 Å². The molecule has 0 fully saturated rings. The lowest BCUT2D eigenvalue weighted by Gasteiger charge is -2.03. The highest BCUT2D eigenvalue weighted by molar-refractivity contribution is 6.33. The van der Waals surface area contributed by atoms with Gasteiger partial charge in [0.25, 0.3) is 0 Å². The predicted molar refractivity (Wildman–Crippen MR) is 69.4 cm³/mol. The van der Waals surface area contributed by atoms with Gasteiger partial charge >= 0.3 is 0 Å². The van der Waals surface area contributed by atoms with E-state index in [-0.39, 0.29) is 6.79 Å². The molecule has 0 saturated heterocycles. The van der Waals surface area contributed by atoms with Gasteiger partial charge in [-0.3, -0.25) is 0 Å². The summed E-state index contributed by atoms with van der Waals surface area (Å²) in [5.41, 5.74) is 2.43. The van der Waals surface area contributed by atoms with Gasteiger partial charge in [-0.25, -0.2) is 9.67 Å². The molecule has 19 heavy (non-hydrogen) atoms. The summed E-state index contributed by atoms with van der Waals surface area (Å²) in [5, 5.41) is 4.68. The van der Waals surface area contributed by atoms with Crippen molar-refractivity contribution in [2.24, 2.45) is 7.05 Å². The molecular weight excluding hydrogens is 268 g/mol. The number of rotatable bonds is 1. The maximum Gasteiger partial charge on any atom is 0.231 e. The first-order chi connectivity index (χ1) is 9.22. The van der Waals surface area contributed by atoms with Crippen LogP contribution in [0.2, 0.25) is 5.02 Å². The molecule has 1 aromatic carbocycles. The Labute approximate surface area is 112 Å². The molecule has 1 N–H and O–H groups in total. The fourth-order valence-corrected chi connectivity index (χ4v) is 2.38. The van der Waals surface area contributed by atoms with Crippen LogP contribution in [0, 0.1) is 0 Å². The van der Waals surface area contributed by atoms with Crippen LogP contribution in [0.1, 0.15) is 0 Å². The third kappa shape index (κ3) is 1.50. The van der Waals surface area contributed by atoms with Gasteiger partial charge in [-0.2, -0.15) is 5.10 Å². The molecule has 0 atom stereocenters. The van der Waals surface area contributed by atoms with Gasteiger partial charge in [-0.1, -0.05) is 11.6 Å². The smallest absolute Gasteiger partial charge is 0.231 e. The number of aromatic amines is 1. The fraction of sp³-hybridized carbons (Fsp3) is 0.167. The van der Waals surface area contributed by atoms with E-state index in [9.17, 15) is 0 Å². The number of ether oxygens (including phenoxy) is 2. The van der Waals surface area contributed by atoms with E-state index in [0.717, 1.165) is 16.7 Å². The maximum atomic E-state index is 6.26. The number of benzene rings is 1. The van der Waals surface area contributed by atoms with Gasteiger partial charge < -0.3 is 14.5 Å². The molecule has 2 aromatic heterocycles. The van der Waals surface area contributed by atoms with Crippen LogP contribution in [0.4, 0.5) is 0 Å². The Bertz CT molecular complexity index is 792.